The van der Waals surface area contributed by atoms with Crippen LogP contribution in [0.15, 0.2) is 23.3 Å². The molecule has 2 aliphatic rings. The van der Waals surface area contributed by atoms with Crippen molar-refractivity contribution in [1.82, 2.24) is 15.1 Å². The van der Waals surface area contributed by atoms with E-state index in [2.05, 4.69) is 20.7 Å². The number of carbonyl (C=O) groups excluding carboxylic acids is 5. The van der Waals surface area contributed by atoms with Crippen LogP contribution in [0.25, 0.3) is 10.4 Å². The molecule has 1 saturated heterocycles. The number of rotatable bonds is 13. The van der Waals surface area contributed by atoms with Gasteiger partial charge in [-0.3, -0.25) is 24.5 Å². The summed E-state index contributed by atoms with van der Waals surface area (Å²) in [4.78, 5) is 67.8. The van der Waals surface area contributed by atoms with Gasteiger partial charge in [0, 0.05) is 60.7 Å². The van der Waals surface area contributed by atoms with E-state index in [-0.39, 0.29) is 37.1 Å². The Hall–Kier alpha value is -4.12. The minimum atomic E-state index is -0.714. The number of hydrogen-bond donors (Lipinski definition) is 2. The average molecular weight is 570 g/mol. The van der Waals surface area contributed by atoms with Crippen LogP contribution in [-0.4, -0.2) is 70.8 Å². The molecule has 1 aromatic carbocycles. The molecule has 0 aliphatic carbocycles. The Morgan fingerprint density at radius 3 is 2.59 bits per heavy atom. The maximum absolute atomic E-state index is 13.0. The third-order valence-electron chi connectivity index (χ3n) is 6.84. The van der Waals surface area contributed by atoms with Crippen LogP contribution < -0.4 is 10.6 Å². The van der Waals surface area contributed by atoms with Gasteiger partial charge in [-0.05, 0) is 64.1 Å². The smallest absolute Gasteiger partial charge is 0.410 e. The highest BCUT2D eigenvalue weighted by Gasteiger charge is 2.40. The fourth-order valence-electron chi connectivity index (χ4n) is 4.86. The number of azide groups is 1. The monoisotopic (exact) mass is 569 g/mol. The van der Waals surface area contributed by atoms with E-state index in [1.807, 2.05) is 20.8 Å². The molecule has 0 spiro atoms. The Morgan fingerprint density at radius 2 is 1.88 bits per heavy atom. The number of benzene rings is 1. The van der Waals surface area contributed by atoms with Crippen molar-refractivity contribution in [3.8, 4) is 0 Å². The number of fused-ring (bicyclic) bond motifs is 1. The first kappa shape index (κ1) is 31.4. The van der Waals surface area contributed by atoms with Crippen molar-refractivity contribution in [2.75, 3.05) is 25.0 Å². The Morgan fingerprint density at radius 1 is 1.15 bits per heavy atom. The van der Waals surface area contributed by atoms with Gasteiger partial charge in [-0.25, -0.2) is 4.79 Å². The van der Waals surface area contributed by atoms with Gasteiger partial charge in [0.1, 0.15) is 11.6 Å². The standard InChI is InChI=1S/C28H39N7O6/c1-28(2,3)41-27(40)34(17-9-15-30-33-29)16-7-5-4-6-12-23(36)31-21-11-8-10-19-20(21)18-35(26(19)39)22-13-14-24(37)32-25(22)38/h8,10-11,22H,4-7,9,12-18H2,1-3H3,(H,31,36)(H,32,37,38). The van der Waals surface area contributed by atoms with E-state index in [9.17, 15) is 24.0 Å². The summed E-state index contributed by atoms with van der Waals surface area (Å²) in [7, 11) is 0. The summed E-state index contributed by atoms with van der Waals surface area (Å²) < 4.78 is 5.49. The van der Waals surface area contributed by atoms with Crippen molar-refractivity contribution >= 4 is 35.4 Å². The summed E-state index contributed by atoms with van der Waals surface area (Å²) in [6.45, 7) is 6.86. The second kappa shape index (κ2) is 14.5. The largest absolute Gasteiger partial charge is 0.444 e. The Bertz CT molecular complexity index is 1200. The number of piperidine rings is 1. The molecule has 5 amide bonds. The number of unbranched alkanes of at least 4 members (excludes halogenated alkanes) is 3. The van der Waals surface area contributed by atoms with Gasteiger partial charge in [-0.15, -0.1) is 0 Å². The van der Waals surface area contributed by atoms with Crippen LogP contribution in [0.3, 0.4) is 0 Å². The van der Waals surface area contributed by atoms with Crippen molar-refractivity contribution in [2.24, 2.45) is 5.11 Å². The number of amides is 5. The zero-order valence-corrected chi connectivity index (χ0v) is 24.0. The van der Waals surface area contributed by atoms with E-state index < -0.39 is 23.6 Å². The minimum Gasteiger partial charge on any atom is -0.444 e. The lowest BCUT2D eigenvalue weighted by Crippen LogP contribution is -2.52. The molecule has 2 aliphatic heterocycles. The molecular weight excluding hydrogens is 530 g/mol. The van der Waals surface area contributed by atoms with Crippen LogP contribution in [0.1, 0.15) is 88.1 Å². The van der Waals surface area contributed by atoms with Crippen molar-refractivity contribution < 1.29 is 28.7 Å². The lowest BCUT2D eigenvalue weighted by atomic mass is 10.0. The number of hydrogen-bond acceptors (Lipinski definition) is 7. The van der Waals surface area contributed by atoms with Crippen LogP contribution in [0.4, 0.5) is 10.5 Å². The highest BCUT2D eigenvalue weighted by atomic mass is 16.6. The van der Waals surface area contributed by atoms with Gasteiger partial charge in [0.05, 0.1) is 0 Å². The Balaban J connectivity index is 1.44. The molecular formula is C28H39N7O6. The maximum Gasteiger partial charge on any atom is 0.410 e. The van der Waals surface area contributed by atoms with Crippen molar-refractivity contribution in [3.05, 3.63) is 39.8 Å². The van der Waals surface area contributed by atoms with E-state index in [1.165, 1.54) is 4.90 Å². The summed E-state index contributed by atoms with van der Waals surface area (Å²) in [5, 5.41) is 8.71. The molecule has 1 atom stereocenters. The van der Waals surface area contributed by atoms with Gasteiger partial charge >= 0.3 is 6.09 Å². The third kappa shape index (κ3) is 9.21. The van der Waals surface area contributed by atoms with E-state index in [4.69, 9.17) is 10.3 Å². The highest BCUT2D eigenvalue weighted by Crippen LogP contribution is 2.32. The lowest BCUT2D eigenvalue weighted by molar-refractivity contribution is -0.137. The second-order valence-corrected chi connectivity index (χ2v) is 11.2. The number of anilines is 1. The van der Waals surface area contributed by atoms with Gasteiger partial charge in [-0.1, -0.05) is 24.0 Å². The van der Waals surface area contributed by atoms with Gasteiger partial charge in [0.15, 0.2) is 0 Å². The molecule has 13 nitrogen and oxygen atoms in total. The Labute approximate surface area is 239 Å². The molecule has 0 aromatic heterocycles. The highest BCUT2D eigenvalue weighted by molar-refractivity contribution is 6.06. The van der Waals surface area contributed by atoms with E-state index in [0.717, 1.165) is 19.3 Å². The fourth-order valence-corrected chi connectivity index (χ4v) is 4.86. The van der Waals surface area contributed by atoms with Gasteiger partial charge in [0.25, 0.3) is 5.91 Å². The number of nitrogens with one attached hydrogen (secondary N) is 2. The molecule has 222 valence electrons. The van der Waals surface area contributed by atoms with Crippen LogP contribution in [0.2, 0.25) is 0 Å². The third-order valence-corrected chi connectivity index (χ3v) is 6.84. The van der Waals surface area contributed by atoms with Gasteiger partial charge < -0.3 is 19.9 Å². The molecule has 0 radical (unpaired) electrons. The fraction of sp³-hybridized carbons (Fsp3) is 0.607. The number of carbonyl (C=O) groups is 5. The zero-order chi connectivity index (χ0) is 30.0. The molecule has 2 N–H and O–H groups in total. The predicted molar refractivity (Wildman–Crippen MR) is 151 cm³/mol. The molecule has 13 heteroatoms. The minimum absolute atomic E-state index is 0.168. The summed E-state index contributed by atoms with van der Waals surface area (Å²) in [5.41, 5.74) is 9.50. The van der Waals surface area contributed by atoms with Crippen LogP contribution >= 0.6 is 0 Å². The maximum atomic E-state index is 13.0. The molecule has 1 unspecified atom stereocenters. The number of nitrogens with zero attached hydrogens (tertiary/aromatic N) is 5. The topological polar surface area (TPSA) is 174 Å². The predicted octanol–water partition coefficient (Wildman–Crippen LogP) is 4.27. The van der Waals surface area contributed by atoms with Gasteiger partial charge in [-0.2, -0.15) is 0 Å². The summed E-state index contributed by atoms with van der Waals surface area (Å²) in [6.07, 6.45) is 3.91. The first-order valence-electron chi connectivity index (χ1n) is 14.1. The SMILES string of the molecule is CC(C)(C)OC(=O)N(CCCCCCC(=O)Nc1cccc2c1CN(C1CCC(=O)NC1=O)C2=O)CCCN=[N+]=[N-]. The van der Waals surface area contributed by atoms with Gasteiger partial charge in [0.2, 0.25) is 17.7 Å². The first-order chi connectivity index (χ1) is 19.5. The van der Waals surface area contributed by atoms with Crippen molar-refractivity contribution in [2.45, 2.75) is 90.3 Å². The molecule has 1 fully saturated rings. The lowest BCUT2D eigenvalue weighted by Gasteiger charge is -2.29. The molecule has 0 saturated carbocycles. The van der Waals surface area contributed by atoms with Crippen molar-refractivity contribution in [3.63, 3.8) is 0 Å². The zero-order valence-electron chi connectivity index (χ0n) is 24.0. The van der Waals surface area contributed by atoms with E-state index in [0.29, 0.717) is 55.7 Å². The molecule has 2 heterocycles. The normalized spacial score (nSPS) is 16.5. The van der Waals surface area contributed by atoms with Crippen LogP contribution in [0, 0.1) is 0 Å². The van der Waals surface area contributed by atoms with E-state index in [1.54, 1.807) is 23.1 Å². The summed E-state index contributed by atoms with van der Waals surface area (Å²) >= 11 is 0. The van der Waals surface area contributed by atoms with Crippen LogP contribution in [0.5, 0.6) is 0 Å². The molecule has 41 heavy (non-hydrogen) atoms. The molecule has 0 bridgehead atoms. The first-order valence-corrected chi connectivity index (χ1v) is 14.1. The second-order valence-electron chi connectivity index (χ2n) is 11.2. The van der Waals surface area contributed by atoms with Crippen LogP contribution in [-0.2, 0) is 25.7 Å². The average Bonchev–Trinajstić information content (AvgIpc) is 3.23. The quantitative estimate of drug-likeness (QED) is 0.118. The molecule has 1 aromatic rings. The Kier molecular flexibility index (Phi) is 11.1. The summed E-state index contributed by atoms with van der Waals surface area (Å²) in [5.74, 6) is -1.27. The van der Waals surface area contributed by atoms with E-state index >= 15 is 0 Å². The molecule has 3 rings (SSSR count). The number of imide groups is 1. The summed E-state index contributed by atoms with van der Waals surface area (Å²) in [6, 6.07) is 4.40. The number of ether oxygens (including phenoxy) is 1. The van der Waals surface area contributed by atoms with Crippen molar-refractivity contribution in [1.29, 1.82) is 0 Å².